The van der Waals surface area contributed by atoms with Crippen molar-refractivity contribution in [3.8, 4) is 0 Å². The zero-order valence-corrected chi connectivity index (χ0v) is 12.8. The summed E-state index contributed by atoms with van der Waals surface area (Å²) in [6, 6.07) is 5.79. The highest BCUT2D eigenvalue weighted by atomic mass is 16.3. The molecule has 0 aliphatic rings. The van der Waals surface area contributed by atoms with E-state index in [1.807, 2.05) is 32.3 Å². The molecule has 2 aromatic rings. The summed E-state index contributed by atoms with van der Waals surface area (Å²) in [5.74, 6) is 3.44. The highest BCUT2D eigenvalue weighted by Gasteiger charge is 2.20. The van der Waals surface area contributed by atoms with Crippen molar-refractivity contribution < 1.29 is 4.42 Å². The molecule has 0 fully saturated rings. The van der Waals surface area contributed by atoms with Gasteiger partial charge in [0.2, 0.25) is 0 Å². The van der Waals surface area contributed by atoms with Crippen LogP contribution in [0.2, 0.25) is 0 Å². The summed E-state index contributed by atoms with van der Waals surface area (Å²) in [6.07, 6.45) is 1.68. The summed E-state index contributed by atoms with van der Waals surface area (Å²) < 4.78 is 5.38. The summed E-state index contributed by atoms with van der Waals surface area (Å²) in [5.41, 5.74) is -0.0901. The molecule has 2 aromatic heterocycles. The van der Waals surface area contributed by atoms with E-state index in [2.05, 4.69) is 41.0 Å². The molecule has 0 unspecified atom stereocenters. The Balaban J connectivity index is 2.30. The number of furan rings is 1. The highest BCUT2D eigenvalue weighted by Crippen LogP contribution is 2.24. The first-order chi connectivity index (χ1) is 9.40. The van der Waals surface area contributed by atoms with Crippen molar-refractivity contribution >= 4 is 11.6 Å². The first kappa shape index (κ1) is 14.4. The highest BCUT2D eigenvalue weighted by molar-refractivity contribution is 5.49. The average molecular weight is 274 g/mol. The third kappa shape index (κ3) is 3.29. The van der Waals surface area contributed by atoms with E-state index in [0.717, 1.165) is 23.2 Å². The Labute approximate surface area is 120 Å². The molecular formula is C15H22N4O. The minimum Gasteiger partial charge on any atom is -0.467 e. The van der Waals surface area contributed by atoms with Gasteiger partial charge in [-0.3, -0.25) is 0 Å². The minimum absolute atomic E-state index is 0.0901. The molecule has 0 radical (unpaired) electrons. The zero-order chi connectivity index (χ0) is 14.8. The maximum absolute atomic E-state index is 5.38. The van der Waals surface area contributed by atoms with Gasteiger partial charge in [-0.15, -0.1) is 0 Å². The largest absolute Gasteiger partial charge is 0.467 e. The standard InChI is InChI=1S/C15H22N4O/c1-15(2,3)14-17-12(16-4)9-13(18-14)19(5)10-11-7-6-8-20-11/h6-9H,10H2,1-5H3,(H,16,17,18). The van der Waals surface area contributed by atoms with Crippen molar-refractivity contribution in [3.63, 3.8) is 0 Å². The predicted molar refractivity (Wildman–Crippen MR) is 81.1 cm³/mol. The molecule has 5 nitrogen and oxygen atoms in total. The first-order valence-corrected chi connectivity index (χ1v) is 6.71. The van der Waals surface area contributed by atoms with Crippen LogP contribution >= 0.6 is 0 Å². The number of hydrogen-bond acceptors (Lipinski definition) is 5. The number of nitrogens with one attached hydrogen (secondary N) is 1. The van der Waals surface area contributed by atoms with Gasteiger partial charge >= 0.3 is 0 Å². The smallest absolute Gasteiger partial charge is 0.138 e. The molecule has 0 aromatic carbocycles. The lowest BCUT2D eigenvalue weighted by Crippen LogP contribution is -2.22. The summed E-state index contributed by atoms with van der Waals surface area (Å²) in [7, 11) is 3.86. The molecule has 0 saturated heterocycles. The lowest BCUT2D eigenvalue weighted by atomic mass is 9.96. The van der Waals surface area contributed by atoms with Crippen LogP contribution in [0.1, 0.15) is 32.4 Å². The molecule has 2 heterocycles. The molecule has 5 heteroatoms. The Bertz CT molecular complexity index is 558. The summed E-state index contributed by atoms with van der Waals surface area (Å²) in [6.45, 7) is 7.00. The summed E-state index contributed by atoms with van der Waals surface area (Å²) in [5, 5.41) is 3.09. The quantitative estimate of drug-likeness (QED) is 0.928. The van der Waals surface area contributed by atoms with Crippen LogP contribution in [0.15, 0.2) is 28.9 Å². The van der Waals surface area contributed by atoms with E-state index in [9.17, 15) is 0 Å². The Morgan fingerprint density at radius 1 is 1.30 bits per heavy atom. The second kappa shape index (κ2) is 5.53. The van der Waals surface area contributed by atoms with Crippen LogP contribution in [-0.2, 0) is 12.0 Å². The topological polar surface area (TPSA) is 54.2 Å². The summed E-state index contributed by atoms with van der Waals surface area (Å²) in [4.78, 5) is 11.2. The van der Waals surface area contributed by atoms with E-state index >= 15 is 0 Å². The van der Waals surface area contributed by atoms with Crippen LogP contribution in [0.5, 0.6) is 0 Å². The Kier molecular flexibility index (Phi) is 3.97. The monoisotopic (exact) mass is 274 g/mol. The molecule has 0 amide bonds. The lowest BCUT2D eigenvalue weighted by molar-refractivity contribution is 0.505. The van der Waals surface area contributed by atoms with Gasteiger partial charge in [-0.25, -0.2) is 9.97 Å². The van der Waals surface area contributed by atoms with E-state index in [0.29, 0.717) is 6.54 Å². The molecular weight excluding hydrogens is 252 g/mol. The van der Waals surface area contributed by atoms with Gasteiger partial charge in [0.15, 0.2) is 0 Å². The molecule has 0 atom stereocenters. The number of nitrogens with zero attached hydrogens (tertiary/aromatic N) is 3. The molecule has 20 heavy (non-hydrogen) atoms. The third-order valence-electron chi connectivity index (χ3n) is 3.00. The molecule has 0 saturated carbocycles. The van der Waals surface area contributed by atoms with Gasteiger partial charge in [-0.05, 0) is 12.1 Å². The van der Waals surface area contributed by atoms with Crippen LogP contribution in [0.4, 0.5) is 11.6 Å². The molecule has 0 aliphatic heterocycles. The van der Waals surface area contributed by atoms with Crippen LogP contribution in [0.25, 0.3) is 0 Å². The maximum Gasteiger partial charge on any atom is 0.138 e. The van der Waals surface area contributed by atoms with Gasteiger partial charge in [-0.2, -0.15) is 0 Å². The molecule has 1 N–H and O–H groups in total. The van der Waals surface area contributed by atoms with Gasteiger partial charge in [0.25, 0.3) is 0 Å². The second-order valence-electron chi connectivity index (χ2n) is 5.87. The Morgan fingerprint density at radius 2 is 2.05 bits per heavy atom. The van der Waals surface area contributed by atoms with Crippen molar-refractivity contribution in [1.29, 1.82) is 0 Å². The molecule has 0 bridgehead atoms. The van der Waals surface area contributed by atoms with Gasteiger partial charge in [0.1, 0.15) is 23.2 Å². The van der Waals surface area contributed by atoms with Crippen molar-refractivity contribution in [2.24, 2.45) is 0 Å². The third-order valence-corrected chi connectivity index (χ3v) is 3.00. The van der Waals surface area contributed by atoms with Crippen LogP contribution in [0, 0.1) is 0 Å². The van der Waals surface area contributed by atoms with E-state index in [1.165, 1.54) is 0 Å². The van der Waals surface area contributed by atoms with Crippen LogP contribution in [-0.4, -0.2) is 24.1 Å². The predicted octanol–water partition coefficient (Wildman–Crippen LogP) is 3.05. The number of rotatable bonds is 4. The van der Waals surface area contributed by atoms with E-state index < -0.39 is 0 Å². The molecule has 0 aliphatic carbocycles. The molecule has 108 valence electrons. The minimum atomic E-state index is -0.0901. The van der Waals surface area contributed by atoms with Gasteiger partial charge in [-0.1, -0.05) is 20.8 Å². The van der Waals surface area contributed by atoms with Gasteiger partial charge in [0, 0.05) is 25.6 Å². The zero-order valence-electron chi connectivity index (χ0n) is 12.8. The maximum atomic E-state index is 5.38. The van der Waals surface area contributed by atoms with Gasteiger partial charge in [0.05, 0.1) is 12.8 Å². The number of hydrogen-bond donors (Lipinski definition) is 1. The number of anilines is 2. The second-order valence-corrected chi connectivity index (χ2v) is 5.87. The lowest BCUT2D eigenvalue weighted by Gasteiger charge is -2.22. The Morgan fingerprint density at radius 3 is 2.60 bits per heavy atom. The fourth-order valence-corrected chi connectivity index (χ4v) is 1.81. The van der Waals surface area contributed by atoms with Crippen molar-refractivity contribution in [1.82, 2.24) is 9.97 Å². The van der Waals surface area contributed by atoms with E-state index in [-0.39, 0.29) is 5.41 Å². The van der Waals surface area contributed by atoms with Crippen molar-refractivity contribution in [2.45, 2.75) is 32.7 Å². The van der Waals surface area contributed by atoms with E-state index in [4.69, 9.17) is 4.42 Å². The van der Waals surface area contributed by atoms with Crippen molar-refractivity contribution in [2.75, 3.05) is 24.3 Å². The van der Waals surface area contributed by atoms with Crippen molar-refractivity contribution in [3.05, 3.63) is 36.0 Å². The van der Waals surface area contributed by atoms with Crippen LogP contribution < -0.4 is 10.2 Å². The van der Waals surface area contributed by atoms with Crippen LogP contribution in [0.3, 0.4) is 0 Å². The fourth-order valence-electron chi connectivity index (χ4n) is 1.81. The summed E-state index contributed by atoms with van der Waals surface area (Å²) >= 11 is 0. The fraction of sp³-hybridized carbons (Fsp3) is 0.467. The first-order valence-electron chi connectivity index (χ1n) is 6.71. The average Bonchev–Trinajstić information content (AvgIpc) is 2.90. The SMILES string of the molecule is CNc1cc(N(C)Cc2ccco2)nc(C(C)(C)C)n1. The van der Waals surface area contributed by atoms with Gasteiger partial charge < -0.3 is 14.6 Å². The number of aromatic nitrogens is 2. The molecule has 0 spiro atoms. The van der Waals surface area contributed by atoms with E-state index in [1.54, 1.807) is 6.26 Å². The Hall–Kier alpha value is -2.04. The normalized spacial score (nSPS) is 11.4. The molecule has 2 rings (SSSR count).